The predicted molar refractivity (Wildman–Crippen MR) is 109 cm³/mol. The van der Waals surface area contributed by atoms with Crippen molar-refractivity contribution in [2.24, 2.45) is 5.10 Å². The lowest BCUT2D eigenvalue weighted by molar-refractivity contribution is 0.224. The highest BCUT2D eigenvalue weighted by atomic mass is 35.5. The molecule has 6 nitrogen and oxygen atoms in total. The Hall–Kier alpha value is -2.73. The average Bonchev–Trinajstić information content (AvgIpc) is 2.60. The summed E-state index contributed by atoms with van der Waals surface area (Å²) in [7, 11) is 0. The number of rotatable bonds is 7. The molecule has 7 heteroatoms. The summed E-state index contributed by atoms with van der Waals surface area (Å²) in [6.45, 7) is 8.10. The van der Waals surface area contributed by atoms with Crippen LogP contribution in [0, 0.1) is 6.92 Å². The smallest absolute Gasteiger partial charge is 0.339 e. The van der Waals surface area contributed by atoms with Crippen LogP contribution in [0.25, 0.3) is 0 Å². The third-order valence-corrected chi connectivity index (χ3v) is 3.74. The quantitative estimate of drug-likeness (QED) is 0.517. The van der Waals surface area contributed by atoms with Crippen molar-refractivity contribution < 1.29 is 14.3 Å². The zero-order valence-electron chi connectivity index (χ0n) is 15.9. The van der Waals surface area contributed by atoms with E-state index in [1.165, 1.54) is 6.21 Å². The highest BCUT2D eigenvalue weighted by Gasteiger charge is 2.13. The summed E-state index contributed by atoms with van der Waals surface area (Å²) >= 11 is 6.31. The number of urea groups is 1. The molecule has 0 aliphatic heterocycles. The normalized spacial score (nSPS) is 10.9. The Balaban J connectivity index is 2.07. The third-order valence-electron chi connectivity index (χ3n) is 3.46. The van der Waals surface area contributed by atoms with Crippen molar-refractivity contribution >= 4 is 29.5 Å². The van der Waals surface area contributed by atoms with E-state index in [4.69, 9.17) is 21.1 Å². The Morgan fingerprint density at radius 1 is 1.30 bits per heavy atom. The van der Waals surface area contributed by atoms with Crippen LogP contribution in [0.1, 0.15) is 31.9 Å². The molecule has 2 N–H and O–H groups in total. The number of hydrogen-bond acceptors (Lipinski definition) is 4. The highest BCUT2D eigenvalue weighted by Crippen LogP contribution is 2.37. The molecule has 0 aliphatic carbocycles. The van der Waals surface area contributed by atoms with Crippen molar-refractivity contribution in [3.8, 4) is 11.5 Å². The molecule has 2 aromatic rings. The van der Waals surface area contributed by atoms with Gasteiger partial charge in [-0.3, -0.25) is 0 Å². The van der Waals surface area contributed by atoms with Crippen molar-refractivity contribution in [1.29, 1.82) is 0 Å². The standard InChI is InChI=1S/C20H24ClN3O3/c1-5-26-18-11-15(10-16(21)19(18)27-13(2)3)12-22-24-20(25)23-17-9-7-6-8-14(17)4/h6-13H,5H2,1-4H3,(H2,23,24,25). The molecule has 0 fully saturated rings. The van der Waals surface area contributed by atoms with Crippen LogP contribution in [-0.4, -0.2) is 25.0 Å². The van der Waals surface area contributed by atoms with Crippen LogP contribution in [0.3, 0.4) is 0 Å². The van der Waals surface area contributed by atoms with E-state index in [1.807, 2.05) is 52.0 Å². The van der Waals surface area contributed by atoms with Crippen molar-refractivity contribution in [3.63, 3.8) is 0 Å². The summed E-state index contributed by atoms with van der Waals surface area (Å²) in [5.74, 6) is 1.03. The molecule has 0 spiro atoms. The molecule has 0 heterocycles. The van der Waals surface area contributed by atoms with Gasteiger partial charge in [-0.1, -0.05) is 29.8 Å². The maximum atomic E-state index is 12.0. The second-order valence-corrected chi connectivity index (χ2v) is 6.48. The van der Waals surface area contributed by atoms with Gasteiger partial charge in [0.25, 0.3) is 0 Å². The lowest BCUT2D eigenvalue weighted by Crippen LogP contribution is -2.24. The number of halogens is 1. The highest BCUT2D eigenvalue weighted by molar-refractivity contribution is 6.32. The average molecular weight is 390 g/mol. The van der Waals surface area contributed by atoms with Crippen molar-refractivity contribution in [3.05, 3.63) is 52.5 Å². The minimum atomic E-state index is -0.434. The number of nitrogens with zero attached hydrogens (tertiary/aromatic N) is 1. The van der Waals surface area contributed by atoms with E-state index in [9.17, 15) is 4.79 Å². The molecule has 0 aliphatic rings. The Bertz CT molecular complexity index is 822. The topological polar surface area (TPSA) is 72.0 Å². The molecular weight excluding hydrogens is 366 g/mol. The number of benzene rings is 2. The summed E-state index contributed by atoms with van der Waals surface area (Å²) in [6.07, 6.45) is 1.46. The number of aryl methyl sites for hydroxylation is 1. The van der Waals surface area contributed by atoms with E-state index in [0.717, 1.165) is 11.3 Å². The predicted octanol–water partition coefficient (Wildman–Crippen LogP) is 4.99. The second kappa shape index (κ2) is 9.83. The minimum Gasteiger partial charge on any atom is -0.490 e. The number of hydrogen-bond donors (Lipinski definition) is 2. The SMILES string of the molecule is CCOc1cc(C=NNC(=O)Nc2ccccc2C)cc(Cl)c1OC(C)C. The minimum absolute atomic E-state index is 0.0342. The summed E-state index contributed by atoms with van der Waals surface area (Å²) in [5, 5.41) is 7.11. The zero-order chi connectivity index (χ0) is 19.8. The second-order valence-electron chi connectivity index (χ2n) is 6.07. The van der Waals surface area contributed by atoms with Gasteiger partial charge >= 0.3 is 6.03 Å². The van der Waals surface area contributed by atoms with Gasteiger partial charge in [-0.2, -0.15) is 5.10 Å². The number of anilines is 1. The van der Waals surface area contributed by atoms with Gasteiger partial charge in [0.1, 0.15) is 0 Å². The maximum Gasteiger partial charge on any atom is 0.339 e. The van der Waals surface area contributed by atoms with E-state index in [1.54, 1.807) is 12.1 Å². The van der Waals surface area contributed by atoms with Gasteiger partial charge in [0.2, 0.25) is 0 Å². The van der Waals surface area contributed by atoms with Crippen LogP contribution in [0.2, 0.25) is 5.02 Å². The summed E-state index contributed by atoms with van der Waals surface area (Å²) < 4.78 is 11.3. The Morgan fingerprint density at radius 2 is 2.04 bits per heavy atom. The summed E-state index contributed by atoms with van der Waals surface area (Å²) in [6, 6.07) is 10.5. The van der Waals surface area contributed by atoms with Crippen LogP contribution in [0.5, 0.6) is 11.5 Å². The van der Waals surface area contributed by atoms with E-state index >= 15 is 0 Å². The summed E-state index contributed by atoms with van der Waals surface area (Å²) in [5.41, 5.74) is 4.79. The molecule has 2 rings (SSSR count). The molecule has 0 radical (unpaired) electrons. The number of amides is 2. The Labute approximate surface area is 164 Å². The maximum absolute atomic E-state index is 12.0. The zero-order valence-corrected chi connectivity index (χ0v) is 16.6. The van der Waals surface area contributed by atoms with Crippen LogP contribution < -0.4 is 20.2 Å². The largest absolute Gasteiger partial charge is 0.490 e. The first-order chi connectivity index (χ1) is 12.9. The van der Waals surface area contributed by atoms with Gasteiger partial charge in [0.15, 0.2) is 11.5 Å². The van der Waals surface area contributed by atoms with Gasteiger partial charge in [-0.05, 0) is 57.0 Å². The molecule has 144 valence electrons. The first-order valence-electron chi connectivity index (χ1n) is 8.69. The van der Waals surface area contributed by atoms with Gasteiger partial charge < -0.3 is 14.8 Å². The first kappa shape index (κ1) is 20.6. The van der Waals surface area contributed by atoms with Gasteiger partial charge in [0.05, 0.1) is 23.9 Å². The van der Waals surface area contributed by atoms with E-state index < -0.39 is 6.03 Å². The van der Waals surface area contributed by atoms with E-state index in [2.05, 4.69) is 15.8 Å². The fourth-order valence-electron chi connectivity index (χ4n) is 2.30. The third kappa shape index (κ3) is 6.18. The van der Waals surface area contributed by atoms with Gasteiger partial charge in [-0.15, -0.1) is 0 Å². The lowest BCUT2D eigenvalue weighted by Gasteiger charge is -2.16. The summed E-state index contributed by atoms with van der Waals surface area (Å²) in [4.78, 5) is 12.0. The molecule has 0 unspecified atom stereocenters. The number of nitrogens with one attached hydrogen (secondary N) is 2. The molecule has 0 atom stereocenters. The fraction of sp³-hybridized carbons (Fsp3) is 0.300. The molecular formula is C20H24ClN3O3. The molecule has 0 aromatic heterocycles. The van der Waals surface area contributed by atoms with Crippen LogP contribution in [0.4, 0.5) is 10.5 Å². The van der Waals surface area contributed by atoms with Crippen molar-refractivity contribution in [2.45, 2.75) is 33.8 Å². The Kier molecular flexibility index (Phi) is 7.49. The lowest BCUT2D eigenvalue weighted by atomic mass is 10.2. The molecule has 0 saturated heterocycles. The Morgan fingerprint density at radius 3 is 2.70 bits per heavy atom. The number of ether oxygens (including phenoxy) is 2. The van der Waals surface area contributed by atoms with E-state index in [-0.39, 0.29) is 6.10 Å². The number of para-hydroxylation sites is 1. The molecule has 0 saturated carbocycles. The van der Waals surface area contributed by atoms with Crippen molar-refractivity contribution in [2.75, 3.05) is 11.9 Å². The number of carbonyl (C=O) groups is 1. The monoisotopic (exact) mass is 389 g/mol. The molecule has 27 heavy (non-hydrogen) atoms. The number of carbonyl (C=O) groups excluding carboxylic acids is 1. The molecule has 2 amide bonds. The molecule has 2 aromatic carbocycles. The van der Waals surface area contributed by atoms with E-state index in [0.29, 0.717) is 28.7 Å². The van der Waals surface area contributed by atoms with Crippen LogP contribution in [0.15, 0.2) is 41.5 Å². The van der Waals surface area contributed by atoms with Crippen LogP contribution in [-0.2, 0) is 0 Å². The van der Waals surface area contributed by atoms with Crippen LogP contribution >= 0.6 is 11.6 Å². The molecule has 0 bridgehead atoms. The fourth-order valence-corrected chi connectivity index (χ4v) is 2.57. The van der Waals surface area contributed by atoms with Crippen molar-refractivity contribution in [1.82, 2.24) is 5.43 Å². The first-order valence-corrected chi connectivity index (χ1v) is 9.07. The number of hydrazone groups is 1. The van der Waals surface area contributed by atoms with Gasteiger partial charge in [0, 0.05) is 5.69 Å². The van der Waals surface area contributed by atoms with Gasteiger partial charge in [-0.25, -0.2) is 10.2 Å².